The molecule has 0 spiro atoms. The van der Waals surface area contributed by atoms with E-state index in [1.807, 2.05) is 42.5 Å². The molecule has 0 N–H and O–H groups in total. The zero-order valence-electron chi connectivity index (χ0n) is 16.0. The molecule has 0 bridgehead atoms. The molecule has 0 radical (unpaired) electrons. The summed E-state index contributed by atoms with van der Waals surface area (Å²) in [6, 6.07) is 17.7. The third kappa shape index (κ3) is 5.15. The zero-order chi connectivity index (χ0) is 20.1. The van der Waals surface area contributed by atoms with Gasteiger partial charge in [0.05, 0.1) is 17.8 Å². The van der Waals surface area contributed by atoms with Crippen molar-refractivity contribution in [3.8, 4) is 11.5 Å². The summed E-state index contributed by atoms with van der Waals surface area (Å²) in [5.74, 6) is 1.10. The molecule has 0 heterocycles. The van der Waals surface area contributed by atoms with Crippen molar-refractivity contribution in [2.24, 2.45) is 4.99 Å². The van der Waals surface area contributed by atoms with E-state index in [0.717, 1.165) is 21.3 Å². The van der Waals surface area contributed by atoms with Crippen molar-refractivity contribution in [1.82, 2.24) is 0 Å². The van der Waals surface area contributed by atoms with Gasteiger partial charge in [0.25, 0.3) is 0 Å². The van der Waals surface area contributed by atoms with Crippen LogP contribution in [-0.2, 0) is 6.61 Å². The van der Waals surface area contributed by atoms with Gasteiger partial charge in [-0.05, 0) is 72.5 Å². The first kappa shape index (κ1) is 20.4. The molecule has 0 unspecified atom stereocenters. The van der Waals surface area contributed by atoms with E-state index in [9.17, 15) is 0 Å². The Bertz CT molecular complexity index is 1000. The van der Waals surface area contributed by atoms with Gasteiger partial charge in [-0.2, -0.15) is 0 Å². The minimum Gasteiger partial charge on any atom is -0.493 e. The van der Waals surface area contributed by atoms with Crippen LogP contribution in [-0.4, -0.2) is 13.3 Å². The van der Waals surface area contributed by atoms with Gasteiger partial charge in [-0.1, -0.05) is 45.7 Å². The molecule has 3 rings (SSSR count). The fourth-order valence-electron chi connectivity index (χ4n) is 2.65. The molecule has 5 heteroatoms. The van der Waals surface area contributed by atoms with Gasteiger partial charge in [-0.15, -0.1) is 0 Å². The van der Waals surface area contributed by atoms with Crippen LogP contribution in [0.15, 0.2) is 64.1 Å². The molecule has 3 aromatic rings. The van der Waals surface area contributed by atoms with Gasteiger partial charge >= 0.3 is 0 Å². The van der Waals surface area contributed by atoms with E-state index in [-0.39, 0.29) is 0 Å². The summed E-state index contributed by atoms with van der Waals surface area (Å²) < 4.78 is 12.4. The van der Waals surface area contributed by atoms with Gasteiger partial charge in [0, 0.05) is 10.7 Å². The highest BCUT2D eigenvalue weighted by Crippen LogP contribution is 2.36. The molecule has 0 saturated heterocycles. The number of hydrogen-bond donors (Lipinski definition) is 0. The van der Waals surface area contributed by atoms with E-state index in [0.29, 0.717) is 23.1 Å². The normalized spacial score (nSPS) is 11.0. The summed E-state index contributed by atoms with van der Waals surface area (Å²) >= 11 is 9.89. The number of hydrogen-bond acceptors (Lipinski definition) is 3. The number of aryl methyl sites for hydroxylation is 2. The monoisotopic (exact) mass is 457 g/mol. The number of nitrogens with zero attached hydrogens (tertiary/aromatic N) is 1. The minimum atomic E-state index is 0.402. The summed E-state index contributed by atoms with van der Waals surface area (Å²) in [5, 5.41) is 0.484. The summed E-state index contributed by atoms with van der Waals surface area (Å²) in [5.41, 5.74) is 5.24. The Morgan fingerprint density at radius 1 is 1.00 bits per heavy atom. The third-order valence-electron chi connectivity index (χ3n) is 4.40. The van der Waals surface area contributed by atoms with E-state index in [4.69, 9.17) is 21.1 Å². The van der Waals surface area contributed by atoms with Crippen LogP contribution in [0.3, 0.4) is 0 Å². The largest absolute Gasteiger partial charge is 0.493 e. The SMILES string of the molecule is COc1cc(C=Nc2ccc(C)c(C)c2)cc(Cl)c1OCc1ccc(Br)cc1. The van der Waals surface area contributed by atoms with Crippen molar-refractivity contribution in [2.45, 2.75) is 20.5 Å². The van der Waals surface area contributed by atoms with Gasteiger partial charge in [0.15, 0.2) is 11.5 Å². The summed E-state index contributed by atoms with van der Waals surface area (Å²) in [6.45, 7) is 4.56. The van der Waals surface area contributed by atoms with Crippen LogP contribution in [0.5, 0.6) is 11.5 Å². The van der Waals surface area contributed by atoms with Crippen molar-refractivity contribution < 1.29 is 9.47 Å². The molecule has 0 aliphatic heterocycles. The Kier molecular flexibility index (Phi) is 6.76. The lowest BCUT2D eigenvalue weighted by atomic mass is 10.1. The first-order chi connectivity index (χ1) is 13.5. The lowest BCUT2D eigenvalue weighted by Crippen LogP contribution is -1.99. The van der Waals surface area contributed by atoms with E-state index >= 15 is 0 Å². The average molecular weight is 459 g/mol. The number of ether oxygens (including phenoxy) is 2. The lowest BCUT2D eigenvalue weighted by Gasteiger charge is -2.13. The quantitative estimate of drug-likeness (QED) is 0.370. The number of aliphatic imine (C=N–C) groups is 1. The van der Waals surface area contributed by atoms with Gasteiger partial charge < -0.3 is 9.47 Å². The third-order valence-corrected chi connectivity index (χ3v) is 5.21. The Labute approximate surface area is 179 Å². The predicted molar refractivity (Wildman–Crippen MR) is 120 cm³/mol. The molecule has 0 atom stereocenters. The molecule has 0 amide bonds. The number of rotatable bonds is 6. The number of halogens is 2. The van der Waals surface area contributed by atoms with Crippen LogP contribution in [0, 0.1) is 13.8 Å². The second-order valence-electron chi connectivity index (χ2n) is 6.48. The minimum absolute atomic E-state index is 0.402. The second kappa shape index (κ2) is 9.26. The fraction of sp³-hybridized carbons (Fsp3) is 0.174. The van der Waals surface area contributed by atoms with Gasteiger partial charge in [-0.25, -0.2) is 0 Å². The maximum absolute atomic E-state index is 6.46. The maximum Gasteiger partial charge on any atom is 0.180 e. The fourth-order valence-corrected chi connectivity index (χ4v) is 3.18. The Morgan fingerprint density at radius 2 is 1.75 bits per heavy atom. The average Bonchev–Trinajstić information content (AvgIpc) is 2.69. The second-order valence-corrected chi connectivity index (χ2v) is 7.80. The highest BCUT2D eigenvalue weighted by atomic mass is 79.9. The van der Waals surface area contributed by atoms with Crippen molar-refractivity contribution in [1.29, 1.82) is 0 Å². The van der Waals surface area contributed by atoms with Crippen molar-refractivity contribution in [2.75, 3.05) is 7.11 Å². The Balaban J connectivity index is 1.79. The molecule has 0 aliphatic rings. The molecule has 0 fully saturated rings. The van der Waals surface area contributed by atoms with Gasteiger partial charge in [-0.3, -0.25) is 4.99 Å². The highest BCUT2D eigenvalue weighted by molar-refractivity contribution is 9.10. The molecule has 3 aromatic carbocycles. The van der Waals surface area contributed by atoms with Crippen LogP contribution >= 0.6 is 27.5 Å². The van der Waals surface area contributed by atoms with Crippen LogP contribution in [0.4, 0.5) is 5.69 Å². The number of methoxy groups -OCH3 is 1. The zero-order valence-corrected chi connectivity index (χ0v) is 18.3. The van der Waals surface area contributed by atoms with Crippen LogP contribution < -0.4 is 9.47 Å². The van der Waals surface area contributed by atoms with Crippen LogP contribution in [0.2, 0.25) is 5.02 Å². The molecule has 28 heavy (non-hydrogen) atoms. The van der Waals surface area contributed by atoms with Gasteiger partial charge in [0.2, 0.25) is 0 Å². The predicted octanol–water partition coefficient (Wildman–Crippen LogP) is 7.06. The Morgan fingerprint density at radius 3 is 2.43 bits per heavy atom. The van der Waals surface area contributed by atoms with E-state index in [1.165, 1.54) is 11.1 Å². The lowest BCUT2D eigenvalue weighted by molar-refractivity contribution is 0.284. The number of benzene rings is 3. The first-order valence-corrected chi connectivity index (χ1v) is 9.99. The molecular formula is C23H21BrClNO2. The van der Waals surface area contributed by atoms with Crippen molar-refractivity contribution >= 4 is 39.4 Å². The first-order valence-electron chi connectivity index (χ1n) is 8.82. The topological polar surface area (TPSA) is 30.8 Å². The van der Waals surface area contributed by atoms with Crippen LogP contribution in [0.1, 0.15) is 22.3 Å². The molecule has 144 valence electrons. The summed E-state index contributed by atoms with van der Waals surface area (Å²) in [4.78, 5) is 4.54. The van der Waals surface area contributed by atoms with Crippen LogP contribution in [0.25, 0.3) is 0 Å². The summed E-state index contributed by atoms with van der Waals surface area (Å²) in [6.07, 6.45) is 1.77. The highest BCUT2D eigenvalue weighted by Gasteiger charge is 2.12. The molecule has 0 saturated carbocycles. The van der Waals surface area contributed by atoms with Crippen molar-refractivity contribution in [3.05, 3.63) is 86.3 Å². The Hall–Kier alpha value is -2.30. The smallest absolute Gasteiger partial charge is 0.180 e. The molecule has 0 aliphatic carbocycles. The maximum atomic E-state index is 6.46. The molecule has 3 nitrogen and oxygen atoms in total. The van der Waals surface area contributed by atoms with Gasteiger partial charge in [0.1, 0.15) is 6.61 Å². The molecule has 0 aromatic heterocycles. The summed E-state index contributed by atoms with van der Waals surface area (Å²) in [7, 11) is 1.60. The van der Waals surface area contributed by atoms with E-state index in [2.05, 4.69) is 46.9 Å². The standard InChI is InChI=1S/C23H21BrClNO2/c1-15-4-9-20(10-16(15)2)26-13-18-11-21(25)23(22(12-18)27-3)28-14-17-5-7-19(24)8-6-17/h4-13H,14H2,1-3H3. The molecular weight excluding hydrogens is 438 g/mol. The van der Waals surface area contributed by atoms with E-state index in [1.54, 1.807) is 13.3 Å². The van der Waals surface area contributed by atoms with E-state index < -0.39 is 0 Å². The van der Waals surface area contributed by atoms with Crippen molar-refractivity contribution in [3.63, 3.8) is 0 Å².